The summed E-state index contributed by atoms with van der Waals surface area (Å²) in [5.41, 5.74) is 7.46. The van der Waals surface area contributed by atoms with E-state index >= 15 is 0 Å². The number of anilines is 3. The number of piperazine rings is 1. The smallest absolute Gasteiger partial charge is 0.223 e. The van der Waals surface area contributed by atoms with Crippen LogP contribution in [0.25, 0.3) is 0 Å². The number of ether oxygens (including phenoxy) is 1. The van der Waals surface area contributed by atoms with Crippen LogP contribution in [0, 0.1) is 0 Å². The van der Waals surface area contributed by atoms with Crippen molar-refractivity contribution in [3.63, 3.8) is 0 Å². The highest BCUT2D eigenvalue weighted by molar-refractivity contribution is 7.10. The van der Waals surface area contributed by atoms with Gasteiger partial charge in [0, 0.05) is 50.2 Å². The molecule has 2 saturated heterocycles. The lowest BCUT2D eigenvalue weighted by Gasteiger charge is -2.44. The van der Waals surface area contributed by atoms with Crippen LogP contribution in [0.3, 0.4) is 0 Å². The summed E-state index contributed by atoms with van der Waals surface area (Å²) in [6.07, 6.45) is 3.03. The first-order valence-electron chi connectivity index (χ1n) is 10.2. The molecule has 5 rings (SSSR count). The van der Waals surface area contributed by atoms with Gasteiger partial charge in [0.25, 0.3) is 0 Å². The minimum absolute atomic E-state index is 0.100. The highest BCUT2D eigenvalue weighted by Crippen LogP contribution is 2.44. The lowest BCUT2D eigenvalue weighted by Crippen LogP contribution is -2.46. The number of thiophene rings is 1. The third-order valence-electron chi connectivity index (χ3n) is 6.35. The average molecular weight is 401 g/mol. The van der Waals surface area contributed by atoms with Gasteiger partial charge < -0.3 is 25.2 Å². The maximum Gasteiger partial charge on any atom is 0.223 e. The van der Waals surface area contributed by atoms with Crippen LogP contribution < -0.4 is 15.5 Å². The van der Waals surface area contributed by atoms with Crippen molar-refractivity contribution >= 4 is 28.9 Å². The minimum atomic E-state index is -0.100. The molecule has 0 bridgehead atoms. The number of likely N-dealkylation sites (N-methyl/N-ethyl adjacent to an activating group) is 1. The molecule has 0 atom stereocenters. The van der Waals surface area contributed by atoms with E-state index in [9.17, 15) is 0 Å². The number of piperidine rings is 1. The second-order valence-corrected chi connectivity index (χ2v) is 9.00. The standard InChI is InChI=1S/C20H28N6OS/c1-24-8-10-26(11-9-24)17-14-16(22-19(21)23-17)25-6-4-20(5-7-25)18-15(2-12-27-20)3-13-28-18/h3,13-14H,2,4-12H2,1H3,(H2,21,22,23). The normalized spacial score (nSPS) is 22.5. The molecular formula is C20H28N6OS. The van der Waals surface area contributed by atoms with Gasteiger partial charge in [0.2, 0.25) is 5.95 Å². The van der Waals surface area contributed by atoms with Crippen LogP contribution in [0.1, 0.15) is 23.3 Å². The molecule has 1 spiro atoms. The quantitative estimate of drug-likeness (QED) is 0.826. The first-order valence-corrected chi connectivity index (χ1v) is 11.0. The maximum absolute atomic E-state index is 6.34. The second-order valence-electron chi connectivity index (χ2n) is 8.09. The van der Waals surface area contributed by atoms with Crippen LogP contribution in [0.15, 0.2) is 17.5 Å². The van der Waals surface area contributed by atoms with E-state index in [2.05, 4.69) is 49.2 Å². The average Bonchev–Trinajstić information content (AvgIpc) is 3.19. The molecule has 0 aromatic carbocycles. The molecule has 7 nitrogen and oxygen atoms in total. The van der Waals surface area contributed by atoms with Crippen molar-refractivity contribution in [3.05, 3.63) is 28.0 Å². The molecule has 8 heteroatoms. The summed E-state index contributed by atoms with van der Waals surface area (Å²) in [7, 11) is 2.16. The van der Waals surface area contributed by atoms with Crippen LogP contribution in [-0.2, 0) is 16.8 Å². The molecule has 0 unspecified atom stereocenters. The summed E-state index contributed by atoms with van der Waals surface area (Å²) < 4.78 is 6.34. The van der Waals surface area contributed by atoms with Crippen molar-refractivity contribution in [1.29, 1.82) is 0 Å². The molecule has 0 radical (unpaired) electrons. The number of hydrogen-bond acceptors (Lipinski definition) is 8. The van der Waals surface area contributed by atoms with E-state index in [1.54, 1.807) is 0 Å². The summed E-state index contributed by atoms with van der Waals surface area (Å²) in [5.74, 6) is 2.25. The van der Waals surface area contributed by atoms with Crippen LogP contribution in [0.4, 0.5) is 17.6 Å². The molecule has 3 aliphatic heterocycles. The monoisotopic (exact) mass is 400 g/mol. The zero-order chi connectivity index (χ0) is 19.1. The predicted octanol–water partition coefficient (Wildman–Crippen LogP) is 1.94. The van der Waals surface area contributed by atoms with Crippen LogP contribution >= 0.6 is 11.3 Å². The Hall–Kier alpha value is -1.90. The summed E-state index contributed by atoms with van der Waals surface area (Å²) in [6, 6.07) is 4.38. The maximum atomic E-state index is 6.34. The summed E-state index contributed by atoms with van der Waals surface area (Å²) in [6.45, 7) is 6.73. The number of fused-ring (bicyclic) bond motifs is 2. The van der Waals surface area contributed by atoms with Crippen molar-refractivity contribution in [1.82, 2.24) is 14.9 Å². The minimum Gasteiger partial charge on any atom is -0.369 e. The Bertz CT molecular complexity index is 839. The van der Waals surface area contributed by atoms with Gasteiger partial charge in [-0.05, 0) is 43.3 Å². The topological polar surface area (TPSA) is 70.8 Å². The van der Waals surface area contributed by atoms with Crippen molar-refractivity contribution in [2.24, 2.45) is 0 Å². The molecule has 5 heterocycles. The SMILES string of the molecule is CN1CCN(c2cc(N3CCC4(CC3)OCCc3ccsc34)nc(N)n2)CC1. The Kier molecular flexibility index (Phi) is 4.65. The van der Waals surface area contributed by atoms with Gasteiger partial charge in [-0.15, -0.1) is 11.3 Å². The van der Waals surface area contributed by atoms with Gasteiger partial charge in [-0.3, -0.25) is 0 Å². The van der Waals surface area contributed by atoms with Gasteiger partial charge >= 0.3 is 0 Å². The molecular weight excluding hydrogens is 372 g/mol. The molecule has 28 heavy (non-hydrogen) atoms. The lowest BCUT2D eigenvalue weighted by atomic mass is 9.85. The van der Waals surface area contributed by atoms with E-state index in [0.29, 0.717) is 5.95 Å². The number of rotatable bonds is 2. The molecule has 0 aliphatic carbocycles. The van der Waals surface area contributed by atoms with E-state index < -0.39 is 0 Å². The molecule has 2 fully saturated rings. The van der Waals surface area contributed by atoms with Gasteiger partial charge in [-0.2, -0.15) is 9.97 Å². The van der Waals surface area contributed by atoms with Gasteiger partial charge in [0.05, 0.1) is 6.61 Å². The van der Waals surface area contributed by atoms with E-state index in [1.165, 1.54) is 10.4 Å². The van der Waals surface area contributed by atoms with Gasteiger partial charge in [-0.1, -0.05) is 0 Å². The summed E-state index contributed by atoms with van der Waals surface area (Å²) >= 11 is 1.85. The molecule has 2 N–H and O–H groups in total. The number of nitrogens with two attached hydrogens (primary N) is 1. The molecule has 150 valence electrons. The number of aromatic nitrogens is 2. The van der Waals surface area contributed by atoms with Gasteiger partial charge in [0.15, 0.2) is 0 Å². The fraction of sp³-hybridized carbons (Fsp3) is 0.600. The van der Waals surface area contributed by atoms with Crippen molar-refractivity contribution < 1.29 is 4.74 Å². The molecule has 2 aromatic heterocycles. The Morgan fingerprint density at radius 1 is 1.04 bits per heavy atom. The van der Waals surface area contributed by atoms with E-state index in [0.717, 1.165) is 76.8 Å². The number of nitrogen functional groups attached to an aromatic ring is 1. The first-order chi connectivity index (χ1) is 13.6. The van der Waals surface area contributed by atoms with Crippen LogP contribution in [-0.4, -0.2) is 67.8 Å². The Morgan fingerprint density at radius 2 is 1.71 bits per heavy atom. The van der Waals surface area contributed by atoms with E-state index in [1.807, 2.05) is 11.3 Å². The Labute approximate surface area is 170 Å². The van der Waals surface area contributed by atoms with Gasteiger partial charge in [-0.25, -0.2) is 0 Å². The molecule has 3 aliphatic rings. The van der Waals surface area contributed by atoms with E-state index in [-0.39, 0.29) is 5.60 Å². The molecule has 2 aromatic rings. The third-order valence-corrected chi connectivity index (χ3v) is 7.49. The van der Waals surface area contributed by atoms with Crippen LogP contribution in [0.5, 0.6) is 0 Å². The van der Waals surface area contributed by atoms with Crippen molar-refractivity contribution in [2.75, 3.05) is 68.5 Å². The lowest BCUT2D eigenvalue weighted by molar-refractivity contribution is -0.0735. The first kappa shape index (κ1) is 18.1. The highest BCUT2D eigenvalue weighted by Gasteiger charge is 2.42. The number of hydrogen-bond donors (Lipinski definition) is 1. The summed E-state index contributed by atoms with van der Waals surface area (Å²) in [4.78, 5) is 17.5. The molecule has 0 saturated carbocycles. The zero-order valence-corrected chi connectivity index (χ0v) is 17.2. The summed E-state index contributed by atoms with van der Waals surface area (Å²) in [5, 5.41) is 2.21. The fourth-order valence-corrected chi connectivity index (χ4v) is 5.79. The predicted molar refractivity (Wildman–Crippen MR) is 113 cm³/mol. The fourth-order valence-electron chi connectivity index (χ4n) is 4.62. The van der Waals surface area contributed by atoms with Gasteiger partial charge in [0.1, 0.15) is 17.2 Å². The van der Waals surface area contributed by atoms with E-state index in [4.69, 9.17) is 10.5 Å². The highest BCUT2D eigenvalue weighted by atomic mass is 32.1. The van der Waals surface area contributed by atoms with Crippen molar-refractivity contribution in [3.8, 4) is 0 Å². The number of nitrogens with zero attached hydrogens (tertiary/aromatic N) is 5. The third kappa shape index (κ3) is 3.23. The Morgan fingerprint density at radius 3 is 2.43 bits per heavy atom. The largest absolute Gasteiger partial charge is 0.369 e. The van der Waals surface area contributed by atoms with Crippen molar-refractivity contribution in [2.45, 2.75) is 24.9 Å². The zero-order valence-electron chi connectivity index (χ0n) is 16.4. The van der Waals surface area contributed by atoms with Crippen LogP contribution in [0.2, 0.25) is 0 Å². The molecule has 0 amide bonds. The Balaban J connectivity index is 1.33. The second kappa shape index (κ2) is 7.17.